The van der Waals surface area contributed by atoms with Crippen LogP contribution in [0.15, 0.2) is 81.2 Å². The van der Waals surface area contributed by atoms with Crippen LogP contribution in [0.5, 0.6) is 0 Å². The van der Waals surface area contributed by atoms with E-state index in [1.54, 1.807) is 41.8 Å². The fourth-order valence-electron chi connectivity index (χ4n) is 3.74. The standard InChI is InChI=1S/C22H21N3O6S3/c23-33(28,29)18-10-8-16(9-11-18)12-13-24(34(30,31)21-7-4-14-32-21)19-15-20(26)25(22(19)27)17-5-2-1-3-6-17/h1-11,14,19H,12-13,15H2,(H2,23,28,29). The molecule has 1 fully saturated rings. The van der Waals surface area contributed by atoms with E-state index in [9.17, 15) is 26.4 Å². The molecule has 0 aliphatic carbocycles. The maximum atomic E-state index is 13.4. The second-order valence-corrected chi connectivity index (χ2v) is 12.2. The van der Waals surface area contributed by atoms with Gasteiger partial charge in [-0.3, -0.25) is 9.59 Å². The maximum Gasteiger partial charge on any atom is 0.253 e. The number of carbonyl (C=O) groups is 2. The van der Waals surface area contributed by atoms with Gasteiger partial charge in [-0.25, -0.2) is 26.9 Å². The number of imide groups is 1. The van der Waals surface area contributed by atoms with E-state index in [2.05, 4.69) is 0 Å². The van der Waals surface area contributed by atoms with Crippen LogP contribution in [0.25, 0.3) is 0 Å². The van der Waals surface area contributed by atoms with Gasteiger partial charge in [0.25, 0.3) is 15.9 Å². The quantitative estimate of drug-likeness (QED) is 0.452. The highest BCUT2D eigenvalue weighted by atomic mass is 32.2. The smallest absolute Gasteiger partial charge is 0.253 e. The monoisotopic (exact) mass is 519 g/mol. The van der Waals surface area contributed by atoms with E-state index in [0.29, 0.717) is 11.3 Å². The molecule has 2 heterocycles. The third-order valence-corrected chi connectivity index (χ3v) is 9.63. The van der Waals surface area contributed by atoms with E-state index in [0.717, 1.165) is 20.5 Å². The molecule has 1 aliphatic rings. The lowest BCUT2D eigenvalue weighted by Gasteiger charge is -2.26. The molecule has 0 saturated carbocycles. The summed E-state index contributed by atoms with van der Waals surface area (Å²) in [6, 6.07) is 16.0. The molecule has 0 spiro atoms. The first-order valence-corrected chi connectivity index (χ1v) is 14.0. The first-order chi connectivity index (χ1) is 16.1. The van der Waals surface area contributed by atoms with Gasteiger partial charge in [0.2, 0.25) is 15.9 Å². The maximum absolute atomic E-state index is 13.4. The van der Waals surface area contributed by atoms with Crippen molar-refractivity contribution in [2.45, 2.75) is 28.0 Å². The molecule has 2 aromatic carbocycles. The summed E-state index contributed by atoms with van der Waals surface area (Å²) in [5.41, 5.74) is 1.03. The van der Waals surface area contributed by atoms with Gasteiger partial charge in [-0.2, -0.15) is 4.31 Å². The molecule has 1 atom stereocenters. The largest absolute Gasteiger partial charge is 0.274 e. The number of hydrogen-bond donors (Lipinski definition) is 1. The third-order valence-electron chi connectivity index (χ3n) is 5.42. The minimum Gasteiger partial charge on any atom is -0.274 e. The number of sulfonamides is 2. The number of amides is 2. The minimum absolute atomic E-state index is 0.0608. The van der Waals surface area contributed by atoms with E-state index in [1.807, 2.05) is 0 Å². The Hall–Kier alpha value is -2.90. The molecule has 4 rings (SSSR count). The number of nitrogens with zero attached hydrogens (tertiary/aromatic N) is 2. The van der Waals surface area contributed by atoms with Crippen molar-refractivity contribution in [1.82, 2.24) is 4.31 Å². The molecule has 0 bridgehead atoms. The highest BCUT2D eigenvalue weighted by molar-refractivity contribution is 7.91. The Labute approximate surface area is 201 Å². The Morgan fingerprint density at radius 3 is 2.21 bits per heavy atom. The number of thiophene rings is 1. The molecule has 3 aromatic rings. The minimum atomic E-state index is -4.07. The number of carbonyl (C=O) groups excluding carboxylic acids is 2. The van der Waals surface area contributed by atoms with Crippen LogP contribution in [-0.2, 0) is 36.1 Å². The molecule has 0 radical (unpaired) electrons. The molecular weight excluding hydrogens is 498 g/mol. The van der Waals surface area contributed by atoms with Crippen molar-refractivity contribution < 1.29 is 26.4 Å². The van der Waals surface area contributed by atoms with E-state index in [-0.39, 0.29) is 28.5 Å². The molecule has 1 aromatic heterocycles. The number of hydrogen-bond acceptors (Lipinski definition) is 7. The van der Waals surface area contributed by atoms with Gasteiger partial charge in [-0.15, -0.1) is 11.3 Å². The molecular formula is C22H21N3O6S3. The van der Waals surface area contributed by atoms with Crippen LogP contribution in [0.4, 0.5) is 5.69 Å². The van der Waals surface area contributed by atoms with Crippen LogP contribution < -0.4 is 10.0 Å². The van der Waals surface area contributed by atoms with Gasteiger partial charge in [0.1, 0.15) is 10.3 Å². The number of benzene rings is 2. The first-order valence-electron chi connectivity index (χ1n) is 10.2. The Morgan fingerprint density at radius 1 is 0.941 bits per heavy atom. The van der Waals surface area contributed by atoms with Crippen molar-refractivity contribution >= 4 is 48.9 Å². The van der Waals surface area contributed by atoms with Gasteiger partial charge >= 0.3 is 0 Å². The van der Waals surface area contributed by atoms with Crippen molar-refractivity contribution in [2.75, 3.05) is 11.4 Å². The van der Waals surface area contributed by atoms with Crippen molar-refractivity contribution in [3.8, 4) is 0 Å². The third kappa shape index (κ3) is 4.81. The lowest BCUT2D eigenvalue weighted by molar-refractivity contribution is -0.122. The Kier molecular flexibility index (Phi) is 6.69. The van der Waals surface area contributed by atoms with Gasteiger partial charge in [-0.05, 0) is 47.7 Å². The van der Waals surface area contributed by atoms with Gasteiger partial charge in [-0.1, -0.05) is 36.4 Å². The van der Waals surface area contributed by atoms with Gasteiger partial charge in [0, 0.05) is 6.54 Å². The van der Waals surface area contributed by atoms with Crippen LogP contribution in [0.1, 0.15) is 12.0 Å². The highest BCUT2D eigenvalue weighted by Crippen LogP contribution is 2.30. The fourth-order valence-corrected chi connectivity index (χ4v) is 6.96. The molecule has 2 amide bonds. The average Bonchev–Trinajstić information content (AvgIpc) is 3.43. The molecule has 1 unspecified atom stereocenters. The van der Waals surface area contributed by atoms with Gasteiger partial charge < -0.3 is 0 Å². The Bertz CT molecular complexity index is 1400. The summed E-state index contributed by atoms with van der Waals surface area (Å²) in [7, 11) is -7.92. The Balaban J connectivity index is 1.64. The predicted octanol–water partition coefficient (Wildman–Crippen LogP) is 1.96. The van der Waals surface area contributed by atoms with Crippen LogP contribution >= 0.6 is 11.3 Å². The summed E-state index contributed by atoms with van der Waals surface area (Å²) in [6.07, 6.45) is -0.0818. The van der Waals surface area contributed by atoms with E-state index < -0.39 is 37.9 Å². The number of rotatable bonds is 8. The van der Waals surface area contributed by atoms with E-state index in [1.165, 1.54) is 30.3 Å². The fraction of sp³-hybridized carbons (Fsp3) is 0.182. The summed E-state index contributed by atoms with van der Waals surface area (Å²) in [4.78, 5) is 27.0. The SMILES string of the molecule is NS(=O)(=O)c1ccc(CCN(C2CC(=O)N(c3ccccc3)C2=O)S(=O)(=O)c2cccs2)cc1. The van der Waals surface area contributed by atoms with Crippen molar-refractivity contribution in [3.05, 3.63) is 77.7 Å². The highest BCUT2D eigenvalue weighted by Gasteiger charge is 2.46. The van der Waals surface area contributed by atoms with E-state index in [4.69, 9.17) is 5.14 Å². The van der Waals surface area contributed by atoms with Crippen LogP contribution in [0.3, 0.4) is 0 Å². The average molecular weight is 520 g/mol. The summed E-state index contributed by atoms with van der Waals surface area (Å²) < 4.78 is 51.0. The second kappa shape index (κ2) is 9.39. The molecule has 178 valence electrons. The van der Waals surface area contributed by atoms with Crippen molar-refractivity contribution in [3.63, 3.8) is 0 Å². The zero-order valence-electron chi connectivity index (χ0n) is 17.8. The van der Waals surface area contributed by atoms with Crippen molar-refractivity contribution in [1.29, 1.82) is 0 Å². The van der Waals surface area contributed by atoms with Crippen molar-refractivity contribution in [2.24, 2.45) is 5.14 Å². The topological polar surface area (TPSA) is 135 Å². The summed E-state index contributed by atoms with van der Waals surface area (Å²) in [6.45, 7) is -0.0821. The molecule has 9 nitrogen and oxygen atoms in total. The molecule has 12 heteroatoms. The lowest BCUT2D eigenvalue weighted by atomic mass is 10.1. The number of nitrogens with two attached hydrogens (primary N) is 1. The summed E-state index contributed by atoms with van der Waals surface area (Å²) in [5.74, 6) is -1.09. The van der Waals surface area contributed by atoms with Crippen LogP contribution in [-0.4, -0.2) is 45.5 Å². The number of anilines is 1. The van der Waals surface area contributed by atoms with E-state index >= 15 is 0 Å². The van der Waals surface area contributed by atoms with Crippen LogP contribution in [0.2, 0.25) is 0 Å². The van der Waals surface area contributed by atoms with Gasteiger partial charge in [0.05, 0.1) is 17.0 Å². The zero-order chi connectivity index (χ0) is 24.5. The predicted molar refractivity (Wildman–Crippen MR) is 127 cm³/mol. The number of para-hydroxylation sites is 1. The normalized spacial score (nSPS) is 17.0. The summed E-state index contributed by atoms with van der Waals surface area (Å²) in [5, 5.41) is 6.74. The first kappa shape index (κ1) is 24.2. The molecule has 34 heavy (non-hydrogen) atoms. The zero-order valence-corrected chi connectivity index (χ0v) is 20.2. The number of primary sulfonamides is 1. The second-order valence-electron chi connectivity index (χ2n) is 7.61. The molecule has 2 N–H and O–H groups in total. The molecule has 1 saturated heterocycles. The van der Waals surface area contributed by atoms with Crippen LogP contribution in [0, 0.1) is 0 Å². The Morgan fingerprint density at radius 2 is 1.62 bits per heavy atom. The van der Waals surface area contributed by atoms with Gasteiger partial charge in [0.15, 0.2) is 0 Å². The molecule has 1 aliphatic heterocycles. The lowest BCUT2D eigenvalue weighted by Crippen LogP contribution is -2.46. The summed E-state index contributed by atoms with van der Waals surface area (Å²) >= 11 is 1.02.